The van der Waals surface area contributed by atoms with Gasteiger partial charge in [-0.25, -0.2) is 8.42 Å². The fraction of sp³-hybridized carbons (Fsp3) is 0.286. The Morgan fingerprint density at radius 1 is 1.29 bits per heavy atom. The van der Waals surface area contributed by atoms with Crippen molar-refractivity contribution in [3.8, 4) is 0 Å². The zero-order chi connectivity index (χ0) is 15.6. The first kappa shape index (κ1) is 15.2. The molecule has 6 nitrogen and oxygen atoms in total. The van der Waals surface area contributed by atoms with Crippen molar-refractivity contribution in [3.05, 3.63) is 41.2 Å². The van der Waals surface area contributed by atoms with Crippen LogP contribution in [-0.2, 0) is 9.84 Å². The molecule has 2 N–H and O–H groups in total. The third kappa shape index (κ3) is 2.97. The predicted octanol–water partition coefficient (Wildman–Crippen LogP) is 2.07. The Bertz CT molecular complexity index is 759. The molecule has 2 aromatic rings. The van der Waals surface area contributed by atoms with Crippen LogP contribution in [0.2, 0.25) is 0 Å². The van der Waals surface area contributed by atoms with Gasteiger partial charge in [-0.05, 0) is 26.0 Å². The average molecular weight is 307 g/mol. The summed E-state index contributed by atoms with van der Waals surface area (Å²) in [5.74, 6) is -0.517. The topological polar surface area (TPSA) is 91.9 Å². The number of H-pyrrole nitrogens is 1. The molecule has 0 saturated heterocycles. The summed E-state index contributed by atoms with van der Waals surface area (Å²) >= 11 is 0. The molecule has 0 atom stereocenters. The van der Waals surface area contributed by atoms with Crippen molar-refractivity contribution in [1.29, 1.82) is 0 Å². The van der Waals surface area contributed by atoms with E-state index in [1.807, 2.05) is 0 Å². The molecule has 2 rings (SSSR count). The van der Waals surface area contributed by atoms with Gasteiger partial charge >= 0.3 is 0 Å². The average Bonchev–Trinajstić information content (AvgIpc) is 2.79. The lowest BCUT2D eigenvalue weighted by molar-refractivity contribution is 0.102. The fourth-order valence-corrected chi connectivity index (χ4v) is 3.09. The van der Waals surface area contributed by atoms with E-state index < -0.39 is 15.7 Å². The molecule has 1 amide bonds. The largest absolute Gasteiger partial charge is 0.319 e. The molecule has 1 aromatic carbocycles. The molecule has 0 bridgehead atoms. The van der Waals surface area contributed by atoms with E-state index in [-0.39, 0.29) is 16.2 Å². The second kappa shape index (κ2) is 5.69. The van der Waals surface area contributed by atoms with Crippen LogP contribution in [-0.4, -0.2) is 30.3 Å². The van der Waals surface area contributed by atoms with Crippen LogP contribution in [0.15, 0.2) is 29.2 Å². The van der Waals surface area contributed by atoms with Crippen molar-refractivity contribution in [2.75, 3.05) is 11.1 Å². The quantitative estimate of drug-likeness (QED) is 0.904. The maximum atomic E-state index is 12.4. The lowest BCUT2D eigenvalue weighted by atomic mass is 10.2. The molecule has 7 heteroatoms. The standard InChI is InChI=1S/C14H17N3O3S/c1-4-21(19,20)12-8-6-5-7-11(12)14(18)15-13-9(2)16-17-10(13)3/h5-8H,4H2,1-3H3,(H,15,18)(H,16,17). The summed E-state index contributed by atoms with van der Waals surface area (Å²) in [5, 5.41) is 9.47. The fourth-order valence-electron chi connectivity index (χ4n) is 2.00. The van der Waals surface area contributed by atoms with E-state index in [1.54, 1.807) is 32.9 Å². The molecule has 0 fully saturated rings. The highest BCUT2D eigenvalue weighted by atomic mass is 32.2. The molecule has 21 heavy (non-hydrogen) atoms. The predicted molar refractivity (Wildman–Crippen MR) is 80.2 cm³/mol. The third-order valence-corrected chi connectivity index (χ3v) is 5.00. The van der Waals surface area contributed by atoms with Crippen molar-refractivity contribution >= 4 is 21.4 Å². The zero-order valence-electron chi connectivity index (χ0n) is 12.1. The van der Waals surface area contributed by atoms with Gasteiger partial charge in [-0.1, -0.05) is 19.1 Å². The number of carbonyl (C=O) groups excluding carboxylic acids is 1. The van der Waals surface area contributed by atoms with Gasteiger partial charge in [0.25, 0.3) is 5.91 Å². The number of benzene rings is 1. The van der Waals surface area contributed by atoms with Crippen LogP contribution in [0.3, 0.4) is 0 Å². The van der Waals surface area contributed by atoms with Gasteiger partial charge < -0.3 is 5.32 Å². The highest BCUT2D eigenvalue weighted by Crippen LogP contribution is 2.21. The number of aryl methyl sites for hydroxylation is 2. The molecule has 1 heterocycles. The maximum absolute atomic E-state index is 12.4. The van der Waals surface area contributed by atoms with Gasteiger partial charge in [0.05, 0.1) is 33.3 Å². The van der Waals surface area contributed by atoms with E-state index in [9.17, 15) is 13.2 Å². The summed E-state index contributed by atoms with van der Waals surface area (Å²) < 4.78 is 24.1. The SMILES string of the molecule is CCS(=O)(=O)c1ccccc1C(=O)Nc1c(C)n[nH]c1C. The van der Waals surface area contributed by atoms with Gasteiger partial charge in [-0.3, -0.25) is 9.89 Å². The maximum Gasteiger partial charge on any atom is 0.257 e. The molecule has 0 spiro atoms. The molecule has 0 radical (unpaired) electrons. The summed E-state index contributed by atoms with van der Waals surface area (Å²) in [6, 6.07) is 6.19. The molecular weight excluding hydrogens is 290 g/mol. The van der Waals surface area contributed by atoms with Gasteiger partial charge in [0.15, 0.2) is 9.84 Å². The second-order valence-electron chi connectivity index (χ2n) is 4.66. The van der Waals surface area contributed by atoms with E-state index in [4.69, 9.17) is 0 Å². The number of hydrogen-bond donors (Lipinski definition) is 2. The molecule has 0 aliphatic rings. The van der Waals surface area contributed by atoms with Gasteiger partial charge in [0, 0.05) is 0 Å². The number of amides is 1. The molecule has 0 saturated carbocycles. The lowest BCUT2D eigenvalue weighted by Crippen LogP contribution is -2.17. The molecule has 112 valence electrons. The van der Waals surface area contributed by atoms with E-state index in [2.05, 4.69) is 15.5 Å². The van der Waals surface area contributed by atoms with Crippen LogP contribution in [0.5, 0.6) is 0 Å². The Kier molecular flexibility index (Phi) is 4.13. The molecule has 1 aromatic heterocycles. The number of nitrogens with one attached hydrogen (secondary N) is 2. The van der Waals surface area contributed by atoms with Crippen LogP contribution in [0.4, 0.5) is 5.69 Å². The molecular formula is C14H17N3O3S. The van der Waals surface area contributed by atoms with Crippen molar-refractivity contribution < 1.29 is 13.2 Å². The normalized spacial score (nSPS) is 11.4. The van der Waals surface area contributed by atoms with E-state index in [0.29, 0.717) is 11.4 Å². The Labute approximate surface area is 123 Å². The van der Waals surface area contributed by atoms with Crippen LogP contribution in [0.25, 0.3) is 0 Å². The minimum atomic E-state index is -3.46. The summed E-state index contributed by atoms with van der Waals surface area (Å²) in [7, 11) is -3.46. The zero-order valence-corrected chi connectivity index (χ0v) is 12.9. The van der Waals surface area contributed by atoms with Crippen molar-refractivity contribution in [3.63, 3.8) is 0 Å². The summed E-state index contributed by atoms with van der Waals surface area (Å²) in [6.45, 7) is 5.09. The van der Waals surface area contributed by atoms with E-state index >= 15 is 0 Å². The number of sulfone groups is 1. The third-order valence-electron chi connectivity index (χ3n) is 3.21. The first-order valence-corrected chi connectivity index (χ1v) is 8.16. The minimum Gasteiger partial charge on any atom is -0.319 e. The first-order chi connectivity index (χ1) is 9.86. The number of anilines is 1. The van der Waals surface area contributed by atoms with Crippen molar-refractivity contribution in [1.82, 2.24) is 10.2 Å². The van der Waals surface area contributed by atoms with E-state index in [1.165, 1.54) is 12.1 Å². The summed E-state index contributed by atoms with van der Waals surface area (Å²) in [6.07, 6.45) is 0. The molecule has 0 aliphatic heterocycles. The first-order valence-electron chi connectivity index (χ1n) is 6.51. The molecule has 0 aliphatic carbocycles. The summed E-state index contributed by atoms with van der Waals surface area (Å²) in [4.78, 5) is 12.4. The van der Waals surface area contributed by atoms with Crippen LogP contribution in [0.1, 0.15) is 28.7 Å². The number of aromatic nitrogens is 2. The lowest BCUT2D eigenvalue weighted by Gasteiger charge is -2.10. The Morgan fingerprint density at radius 3 is 2.52 bits per heavy atom. The van der Waals surface area contributed by atoms with Crippen LogP contribution in [0, 0.1) is 13.8 Å². The van der Waals surface area contributed by atoms with E-state index in [0.717, 1.165) is 5.69 Å². The van der Waals surface area contributed by atoms with Gasteiger partial charge in [-0.15, -0.1) is 0 Å². The smallest absolute Gasteiger partial charge is 0.257 e. The number of nitrogens with zero attached hydrogens (tertiary/aromatic N) is 1. The van der Waals surface area contributed by atoms with Gasteiger partial charge in [0.1, 0.15) is 0 Å². The second-order valence-corrected chi connectivity index (χ2v) is 6.91. The molecule has 0 unspecified atom stereocenters. The highest BCUT2D eigenvalue weighted by molar-refractivity contribution is 7.91. The summed E-state index contributed by atoms with van der Waals surface area (Å²) in [5.41, 5.74) is 2.08. The monoisotopic (exact) mass is 307 g/mol. The number of rotatable bonds is 4. The Morgan fingerprint density at radius 2 is 1.95 bits per heavy atom. The van der Waals surface area contributed by atoms with Gasteiger partial charge in [0.2, 0.25) is 0 Å². The number of carbonyl (C=O) groups is 1. The van der Waals surface area contributed by atoms with Crippen LogP contribution < -0.4 is 5.32 Å². The van der Waals surface area contributed by atoms with Crippen LogP contribution >= 0.6 is 0 Å². The number of aromatic amines is 1. The van der Waals surface area contributed by atoms with Gasteiger partial charge in [-0.2, -0.15) is 5.10 Å². The van der Waals surface area contributed by atoms with Crippen molar-refractivity contribution in [2.45, 2.75) is 25.7 Å². The Hall–Kier alpha value is -2.15. The Balaban J connectivity index is 2.42. The minimum absolute atomic E-state index is 0.0452. The number of hydrogen-bond acceptors (Lipinski definition) is 4. The highest BCUT2D eigenvalue weighted by Gasteiger charge is 2.21. The van der Waals surface area contributed by atoms with Crippen molar-refractivity contribution in [2.24, 2.45) is 0 Å².